The largest absolute Gasteiger partial charge is 0.352 e. The van der Waals surface area contributed by atoms with Crippen molar-refractivity contribution in [3.8, 4) is 6.07 Å². The Morgan fingerprint density at radius 1 is 1.52 bits per heavy atom. The fraction of sp³-hybridized carbons (Fsp3) is 0.333. The quantitative estimate of drug-likeness (QED) is 0.673. The van der Waals surface area contributed by atoms with Crippen LogP contribution in [0, 0.1) is 17.1 Å². The van der Waals surface area contributed by atoms with Crippen molar-refractivity contribution in [2.45, 2.75) is 13.1 Å². The number of nitrogens with zero attached hydrogens (tertiary/aromatic N) is 6. The SMILES string of the molecule is CN=C(NCc1ccc(C#N)cc1F)N(C)Cc1ncnn1C. The Balaban J connectivity index is 2.00. The number of nitriles is 1. The van der Waals surface area contributed by atoms with Gasteiger partial charge >= 0.3 is 0 Å². The molecule has 0 aliphatic rings. The Hall–Kier alpha value is -2.95. The molecule has 0 atom stereocenters. The number of aryl methyl sites for hydroxylation is 1. The molecule has 1 N–H and O–H groups in total. The van der Waals surface area contributed by atoms with Crippen molar-refractivity contribution in [3.63, 3.8) is 0 Å². The fourth-order valence-corrected chi connectivity index (χ4v) is 2.07. The highest BCUT2D eigenvalue weighted by Gasteiger charge is 2.11. The van der Waals surface area contributed by atoms with Gasteiger partial charge in [-0.2, -0.15) is 10.4 Å². The molecule has 23 heavy (non-hydrogen) atoms. The molecule has 0 spiro atoms. The molecule has 0 bridgehead atoms. The normalized spacial score (nSPS) is 11.2. The summed E-state index contributed by atoms with van der Waals surface area (Å²) >= 11 is 0. The molecule has 0 unspecified atom stereocenters. The first-order valence-electron chi connectivity index (χ1n) is 6.98. The van der Waals surface area contributed by atoms with Crippen LogP contribution in [0.2, 0.25) is 0 Å². The molecule has 0 saturated carbocycles. The lowest BCUT2D eigenvalue weighted by atomic mass is 10.1. The van der Waals surface area contributed by atoms with Crippen molar-refractivity contribution in [3.05, 3.63) is 47.3 Å². The molecule has 2 aromatic rings. The van der Waals surface area contributed by atoms with E-state index in [1.165, 1.54) is 12.4 Å². The second-order valence-corrected chi connectivity index (χ2v) is 4.97. The van der Waals surface area contributed by atoms with Crippen LogP contribution >= 0.6 is 0 Å². The van der Waals surface area contributed by atoms with E-state index in [2.05, 4.69) is 20.4 Å². The van der Waals surface area contributed by atoms with Crippen molar-refractivity contribution in [1.82, 2.24) is 25.0 Å². The zero-order chi connectivity index (χ0) is 16.8. The third kappa shape index (κ3) is 4.03. The monoisotopic (exact) mass is 315 g/mol. The lowest BCUT2D eigenvalue weighted by Gasteiger charge is -2.21. The number of aromatic nitrogens is 3. The minimum Gasteiger partial charge on any atom is -0.352 e. The first-order valence-corrected chi connectivity index (χ1v) is 6.98. The topological polar surface area (TPSA) is 82.1 Å². The number of benzene rings is 1. The predicted octanol–water partition coefficient (Wildman–Crippen LogP) is 1.03. The Kier molecular flexibility index (Phi) is 5.25. The number of nitrogens with one attached hydrogen (secondary N) is 1. The predicted molar refractivity (Wildman–Crippen MR) is 83.8 cm³/mol. The lowest BCUT2D eigenvalue weighted by Crippen LogP contribution is -2.38. The number of rotatable bonds is 4. The summed E-state index contributed by atoms with van der Waals surface area (Å²) in [6, 6.07) is 6.32. The summed E-state index contributed by atoms with van der Waals surface area (Å²) in [5, 5.41) is 15.9. The number of aliphatic imine (C=N–C) groups is 1. The van der Waals surface area contributed by atoms with Gasteiger partial charge in [-0.15, -0.1) is 0 Å². The van der Waals surface area contributed by atoms with Gasteiger partial charge in [0.1, 0.15) is 18.0 Å². The van der Waals surface area contributed by atoms with Crippen LogP contribution in [0.1, 0.15) is 17.0 Å². The molecule has 1 heterocycles. The second-order valence-electron chi connectivity index (χ2n) is 4.97. The molecule has 0 radical (unpaired) electrons. The molecule has 1 aromatic heterocycles. The van der Waals surface area contributed by atoms with Crippen molar-refractivity contribution >= 4 is 5.96 Å². The minimum atomic E-state index is -0.414. The van der Waals surface area contributed by atoms with E-state index in [1.807, 2.05) is 25.1 Å². The average Bonchev–Trinajstić information content (AvgIpc) is 2.94. The molecule has 8 heteroatoms. The summed E-state index contributed by atoms with van der Waals surface area (Å²) in [6.45, 7) is 0.791. The Morgan fingerprint density at radius 2 is 2.30 bits per heavy atom. The summed E-state index contributed by atoms with van der Waals surface area (Å²) in [4.78, 5) is 10.2. The van der Waals surface area contributed by atoms with Crippen LogP contribution in [0.25, 0.3) is 0 Å². The van der Waals surface area contributed by atoms with Crippen LogP contribution in [0.5, 0.6) is 0 Å². The molecule has 0 aliphatic heterocycles. The highest BCUT2D eigenvalue weighted by molar-refractivity contribution is 5.79. The van der Waals surface area contributed by atoms with E-state index in [4.69, 9.17) is 5.26 Å². The van der Waals surface area contributed by atoms with Gasteiger partial charge < -0.3 is 10.2 Å². The van der Waals surface area contributed by atoms with Crippen LogP contribution in [-0.4, -0.2) is 39.7 Å². The van der Waals surface area contributed by atoms with Crippen molar-refractivity contribution in [2.75, 3.05) is 14.1 Å². The Labute approximate surface area is 134 Å². The smallest absolute Gasteiger partial charge is 0.194 e. The van der Waals surface area contributed by atoms with Crippen LogP contribution in [0.15, 0.2) is 29.5 Å². The van der Waals surface area contributed by atoms with E-state index >= 15 is 0 Å². The third-order valence-electron chi connectivity index (χ3n) is 3.38. The van der Waals surface area contributed by atoms with Gasteiger partial charge in [0.25, 0.3) is 0 Å². The van der Waals surface area contributed by atoms with E-state index in [9.17, 15) is 4.39 Å². The van der Waals surface area contributed by atoms with Gasteiger partial charge in [-0.05, 0) is 12.1 Å². The van der Waals surface area contributed by atoms with E-state index in [0.717, 1.165) is 5.82 Å². The van der Waals surface area contributed by atoms with E-state index < -0.39 is 5.82 Å². The molecule has 0 fully saturated rings. The molecule has 0 aliphatic carbocycles. The fourth-order valence-electron chi connectivity index (χ4n) is 2.07. The molecule has 0 saturated heterocycles. The van der Waals surface area contributed by atoms with Gasteiger partial charge in [-0.3, -0.25) is 9.67 Å². The lowest BCUT2D eigenvalue weighted by molar-refractivity contribution is 0.447. The third-order valence-corrected chi connectivity index (χ3v) is 3.38. The standard InChI is InChI=1S/C15H18FN7/c1-18-15(22(2)9-14-20-10-21-23(14)3)19-8-12-5-4-11(7-17)6-13(12)16/h4-6,10H,8-9H2,1-3H3,(H,18,19). The molecule has 1 aromatic carbocycles. The summed E-state index contributed by atoms with van der Waals surface area (Å²) in [5.74, 6) is 0.986. The minimum absolute atomic E-state index is 0.271. The van der Waals surface area contributed by atoms with E-state index in [0.29, 0.717) is 23.6 Å². The number of hydrogen-bond donors (Lipinski definition) is 1. The van der Waals surface area contributed by atoms with Gasteiger partial charge in [-0.25, -0.2) is 9.37 Å². The first kappa shape index (κ1) is 16.4. The number of hydrogen-bond acceptors (Lipinski definition) is 4. The molecular weight excluding hydrogens is 297 g/mol. The van der Waals surface area contributed by atoms with E-state index in [1.54, 1.807) is 23.9 Å². The Morgan fingerprint density at radius 3 is 2.87 bits per heavy atom. The maximum Gasteiger partial charge on any atom is 0.194 e. The molecule has 0 amide bonds. The van der Waals surface area contributed by atoms with Crippen molar-refractivity contribution in [2.24, 2.45) is 12.0 Å². The maximum absolute atomic E-state index is 13.9. The zero-order valence-corrected chi connectivity index (χ0v) is 13.3. The highest BCUT2D eigenvalue weighted by Crippen LogP contribution is 2.10. The summed E-state index contributed by atoms with van der Waals surface area (Å²) in [5.41, 5.74) is 0.771. The van der Waals surface area contributed by atoms with Gasteiger partial charge in [0.2, 0.25) is 0 Å². The van der Waals surface area contributed by atoms with Crippen LogP contribution in [0.3, 0.4) is 0 Å². The van der Waals surface area contributed by atoms with Gasteiger partial charge in [0.05, 0.1) is 18.2 Å². The first-order chi connectivity index (χ1) is 11.0. The van der Waals surface area contributed by atoms with Gasteiger partial charge in [0.15, 0.2) is 5.96 Å². The molecule has 2 rings (SSSR count). The second kappa shape index (κ2) is 7.35. The average molecular weight is 315 g/mol. The van der Waals surface area contributed by atoms with Gasteiger partial charge in [0, 0.05) is 33.3 Å². The summed E-state index contributed by atoms with van der Waals surface area (Å²) in [7, 11) is 5.34. The van der Waals surface area contributed by atoms with Crippen LogP contribution in [-0.2, 0) is 20.1 Å². The molecule has 7 nitrogen and oxygen atoms in total. The van der Waals surface area contributed by atoms with Crippen molar-refractivity contribution < 1.29 is 4.39 Å². The summed E-state index contributed by atoms with van der Waals surface area (Å²) < 4.78 is 15.6. The van der Waals surface area contributed by atoms with Gasteiger partial charge in [-0.1, -0.05) is 6.07 Å². The number of guanidine groups is 1. The molecular formula is C15H18FN7. The molecule has 120 valence electrons. The zero-order valence-electron chi connectivity index (χ0n) is 13.3. The highest BCUT2D eigenvalue weighted by atomic mass is 19.1. The van der Waals surface area contributed by atoms with Crippen molar-refractivity contribution in [1.29, 1.82) is 5.26 Å². The Bertz CT molecular complexity index is 745. The maximum atomic E-state index is 13.9. The summed E-state index contributed by atoms with van der Waals surface area (Å²) in [6.07, 6.45) is 1.49. The van der Waals surface area contributed by atoms with Crippen LogP contribution in [0.4, 0.5) is 4.39 Å². The van der Waals surface area contributed by atoms with E-state index in [-0.39, 0.29) is 6.54 Å². The number of halogens is 1. The van der Waals surface area contributed by atoms with Crippen LogP contribution < -0.4 is 5.32 Å².